The molecule has 1 heterocycles. The molecule has 0 bridgehead atoms. The molecule has 0 atom stereocenters. The molecule has 0 saturated carbocycles. The molecule has 80 valence electrons. The average Bonchev–Trinajstić information content (AvgIpc) is 2.51. The first-order valence-corrected chi connectivity index (χ1v) is 5.42. The zero-order chi connectivity index (χ0) is 10.6. The van der Waals surface area contributed by atoms with E-state index in [1.165, 1.54) is 5.82 Å². The third kappa shape index (κ3) is 2.58. The Kier molecular flexibility index (Phi) is 4.14. The predicted octanol–water partition coefficient (Wildman–Crippen LogP) is 0.963. The van der Waals surface area contributed by atoms with Gasteiger partial charge in [0.15, 0.2) is 0 Å². The van der Waals surface area contributed by atoms with Crippen LogP contribution >= 0.6 is 0 Å². The van der Waals surface area contributed by atoms with E-state index in [2.05, 4.69) is 54.2 Å². The number of aromatic nitrogens is 2. The third-order valence-corrected chi connectivity index (χ3v) is 2.95. The van der Waals surface area contributed by atoms with Crippen LogP contribution in [-0.4, -0.2) is 29.1 Å². The molecule has 14 heavy (non-hydrogen) atoms. The van der Waals surface area contributed by atoms with E-state index in [9.17, 15) is 0 Å². The topological polar surface area (TPSA) is 12.1 Å². The quantitative estimate of drug-likeness (QED) is 0.639. The van der Waals surface area contributed by atoms with E-state index >= 15 is 0 Å². The lowest BCUT2D eigenvalue weighted by molar-refractivity contribution is -0.677. The van der Waals surface area contributed by atoms with Crippen LogP contribution in [0.4, 0.5) is 0 Å². The van der Waals surface area contributed by atoms with Crippen molar-refractivity contribution in [2.24, 2.45) is 7.05 Å². The predicted molar refractivity (Wildman–Crippen MR) is 58.1 cm³/mol. The largest absolute Gasteiger partial charge is 0.300 e. The van der Waals surface area contributed by atoms with E-state index in [0.717, 1.165) is 26.2 Å². The van der Waals surface area contributed by atoms with E-state index in [-0.39, 0.29) is 0 Å². The molecule has 0 saturated heterocycles. The summed E-state index contributed by atoms with van der Waals surface area (Å²) in [6.45, 7) is 11.1. The molecule has 3 heteroatoms. The van der Waals surface area contributed by atoms with E-state index in [1.807, 2.05) is 0 Å². The van der Waals surface area contributed by atoms with Gasteiger partial charge in [-0.3, -0.25) is 4.90 Å². The highest BCUT2D eigenvalue weighted by Crippen LogP contribution is 1.95. The Hall–Kier alpha value is -0.830. The standard InChI is InChI=1S/C11H22N3/c1-5-13(6-2)8-10-14-9-7-12(4)11(14)3/h7,9H,5-6,8,10H2,1-4H3/q+1. The fourth-order valence-electron chi connectivity index (χ4n) is 1.62. The summed E-state index contributed by atoms with van der Waals surface area (Å²) in [6, 6.07) is 0. The van der Waals surface area contributed by atoms with Gasteiger partial charge in [0, 0.05) is 13.5 Å². The van der Waals surface area contributed by atoms with Gasteiger partial charge in [0.2, 0.25) is 0 Å². The summed E-state index contributed by atoms with van der Waals surface area (Å²) in [4.78, 5) is 2.44. The molecule has 3 nitrogen and oxygen atoms in total. The van der Waals surface area contributed by atoms with Gasteiger partial charge in [0.1, 0.15) is 18.9 Å². The van der Waals surface area contributed by atoms with Crippen LogP contribution in [0.15, 0.2) is 12.4 Å². The Morgan fingerprint density at radius 1 is 1.36 bits per heavy atom. The molecule has 1 aromatic rings. The molecule has 0 unspecified atom stereocenters. The van der Waals surface area contributed by atoms with Crippen LogP contribution in [-0.2, 0) is 13.6 Å². The smallest absolute Gasteiger partial charge is 0.253 e. The summed E-state index contributed by atoms with van der Waals surface area (Å²) < 4.78 is 4.46. The van der Waals surface area contributed by atoms with Gasteiger partial charge in [-0.15, -0.1) is 0 Å². The maximum absolute atomic E-state index is 2.44. The van der Waals surface area contributed by atoms with Crippen molar-refractivity contribution in [3.63, 3.8) is 0 Å². The van der Waals surface area contributed by atoms with Gasteiger partial charge >= 0.3 is 0 Å². The second-order valence-electron chi connectivity index (χ2n) is 3.68. The van der Waals surface area contributed by atoms with Crippen molar-refractivity contribution in [1.82, 2.24) is 9.47 Å². The summed E-state index contributed by atoms with van der Waals surface area (Å²) in [5.74, 6) is 1.32. The first-order valence-electron chi connectivity index (χ1n) is 5.42. The second kappa shape index (κ2) is 5.15. The molecule has 0 fully saturated rings. The van der Waals surface area contributed by atoms with Gasteiger partial charge in [-0.05, 0) is 13.1 Å². The monoisotopic (exact) mass is 196 g/mol. The lowest BCUT2D eigenvalue weighted by atomic mass is 10.4. The maximum Gasteiger partial charge on any atom is 0.253 e. The molecule has 0 spiro atoms. The van der Waals surface area contributed by atoms with Gasteiger partial charge < -0.3 is 0 Å². The minimum atomic E-state index is 1.09. The Morgan fingerprint density at radius 2 is 2.00 bits per heavy atom. The van der Waals surface area contributed by atoms with Crippen LogP contribution in [0.5, 0.6) is 0 Å². The van der Waals surface area contributed by atoms with Crippen molar-refractivity contribution in [2.45, 2.75) is 27.3 Å². The fraction of sp³-hybridized carbons (Fsp3) is 0.727. The van der Waals surface area contributed by atoms with Gasteiger partial charge in [-0.2, -0.15) is 0 Å². The fourth-order valence-corrected chi connectivity index (χ4v) is 1.62. The molecule has 0 aliphatic heterocycles. The number of imidazole rings is 1. The number of hydrogen-bond donors (Lipinski definition) is 0. The highest BCUT2D eigenvalue weighted by atomic mass is 15.2. The molecule has 0 aromatic carbocycles. The number of likely N-dealkylation sites (N-methyl/N-ethyl adjacent to an activating group) is 1. The molecular weight excluding hydrogens is 174 g/mol. The molecule has 0 aliphatic rings. The van der Waals surface area contributed by atoms with Crippen molar-refractivity contribution < 1.29 is 4.57 Å². The van der Waals surface area contributed by atoms with Gasteiger partial charge in [0.05, 0.1) is 7.05 Å². The summed E-state index contributed by atoms with van der Waals surface area (Å²) in [5, 5.41) is 0. The Balaban J connectivity index is 2.49. The summed E-state index contributed by atoms with van der Waals surface area (Å²) in [5.41, 5.74) is 0. The molecule has 0 amide bonds. The van der Waals surface area contributed by atoms with Crippen LogP contribution < -0.4 is 4.57 Å². The molecule has 0 radical (unpaired) electrons. The van der Waals surface area contributed by atoms with Crippen molar-refractivity contribution in [3.8, 4) is 0 Å². The van der Waals surface area contributed by atoms with E-state index in [4.69, 9.17) is 0 Å². The number of hydrogen-bond acceptors (Lipinski definition) is 1. The van der Waals surface area contributed by atoms with E-state index < -0.39 is 0 Å². The summed E-state index contributed by atoms with van der Waals surface area (Å²) in [6.07, 6.45) is 4.26. The van der Waals surface area contributed by atoms with Crippen LogP contribution in [0, 0.1) is 6.92 Å². The van der Waals surface area contributed by atoms with Crippen molar-refractivity contribution in [3.05, 3.63) is 18.2 Å². The van der Waals surface area contributed by atoms with Crippen LogP contribution in [0.25, 0.3) is 0 Å². The third-order valence-electron chi connectivity index (χ3n) is 2.95. The van der Waals surface area contributed by atoms with Crippen molar-refractivity contribution in [2.75, 3.05) is 19.6 Å². The zero-order valence-corrected chi connectivity index (χ0v) is 9.82. The van der Waals surface area contributed by atoms with Crippen molar-refractivity contribution >= 4 is 0 Å². The Labute approximate surface area is 87.0 Å². The lowest BCUT2D eigenvalue weighted by Crippen LogP contribution is -2.31. The zero-order valence-electron chi connectivity index (χ0n) is 9.82. The van der Waals surface area contributed by atoms with Crippen LogP contribution in [0.1, 0.15) is 19.7 Å². The summed E-state index contributed by atoms with van der Waals surface area (Å²) >= 11 is 0. The van der Waals surface area contributed by atoms with Crippen LogP contribution in [0.2, 0.25) is 0 Å². The van der Waals surface area contributed by atoms with Crippen LogP contribution in [0.3, 0.4) is 0 Å². The molecule has 0 N–H and O–H groups in total. The molecular formula is C11H22N3+. The second-order valence-corrected chi connectivity index (χ2v) is 3.68. The van der Waals surface area contributed by atoms with Gasteiger partial charge in [-0.1, -0.05) is 13.8 Å². The number of nitrogens with zero attached hydrogens (tertiary/aromatic N) is 3. The first-order chi connectivity index (χ1) is 6.69. The molecule has 1 aromatic heterocycles. The first kappa shape index (κ1) is 11.2. The normalized spacial score (nSPS) is 11.2. The molecule has 1 rings (SSSR count). The maximum atomic E-state index is 2.44. The Morgan fingerprint density at radius 3 is 2.43 bits per heavy atom. The highest BCUT2D eigenvalue weighted by Gasteiger charge is 2.09. The van der Waals surface area contributed by atoms with Gasteiger partial charge in [-0.25, -0.2) is 9.13 Å². The number of rotatable bonds is 5. The SMILES string of the molecule is CCN(CC)CCn1cc[n+](C)c1C. The minimum absolute atomic E-state index is 1.09. The van der Waals surface area contributed by atoms with E-state index in [0.29, 0.717) is 0 Å². The highest BCUT2D eigenvalue weighted by molar-refractivity contribution is 4.79. The molecule has 0 aliphatic carbocycles. The average molecular weight is 196 g/mol. The number of aryl methyl sites for hydroxylation is 1. The summed E-state index contributed by atoms with van der Waals surface area (Å²) in [7, 11) is 2.09. The minimum Gasteiger partial charge on any atom is -0.300 e. The van der Waals surface area contributed by atoms with Gasteiger partial charge in [0.25, 0.3) is 5.82 Å². The lowest BCUT2D eigenvalue weighted by Gasteiger charge is -2.16. The van der Waals surface area contributed by atoms with Crippen molar-refractivity contribution in [1.29, 1.82) is 0 Å². The van der Waals surface area contributed by atoms with E-state index in [1.54, 1.807) is 0 Å². The Bertz CT molecular complexity index is 274.